The van der Waals surface area contributed by atoms with E-state index < -0.39 is 0 Å². The van der Waals surface area contributed by atoms with Crippen LogP contribution in [0.4, 0.5) is 0 Å². The summed E-state index contributed by atoms with van der Waals surface area (Å²) in [5.74, 6) is 0. The van der Waals surface area contributed by atoms with E-state index in [1.807, 2.05) is 44.2 Å². The molecule has 0 aromatic heterocycles. The zero-order chi connectivity index (χ0) is 41.8. The fraction of sp³-hybridized carbons (Fsp3) is 0.860. The number of aliphatic hydroxyl groups is 4. The Labute approximate surface area is 348 Å². The van der Waals surface area contributed by atoms with Crippen molar-refractivity contribution in [2.24, 2.45) is 0 Å². The fourth-order valence-electron chi connectivity index (χ4n) is 7.16. The molecule has 3 unspecified atom stereocenters. The third-order valence-corrected chi connectivity index (χ3v) is 11.5. The Bertz CT molecular complexity index is 1040. The Morgan fingerprint density at radius 3 is 1.30 bits per heavy atom. The predicted molar refractivity (Wildman–Crippen MR) is 237 cm³/mol. The molecule has 0 saturated carbocycles. The maximum atomic E-state index is 10.1. The lowest BCUT2D eigenvalue weighted by Gasteiger charge is -2.33. The van der Waals surface area contributed by atoms with Crippen LogP contribution < -0.4 is 5.32 Å². The summed E-state index contributed by atoms with van der Waals surface area (Å²) in [6.45, 7) is 33.4. The van der Waals surface area contributed by atoms with Gasteiger partial charge in [-0.25, -0.2) is 0 Å². The van der Waals surface area contributed by atoms with Gasteiger partial charge in [0.05, 0.1) is 24.9 Å². The van der Waals surface area contributed by atoms with Gasteiger partial charge in [0.25, 0.3) is 0 Å². The van der Waals surface area contributed by atoms with Crippen LogP contribution in [0.2, 0.25) is 0 Å². The highest BCUT2D eigenvalue weighted by atomic mass is 16.3. The maximum Gasteiger partial charge on any atom is 0.0916 e. The smallest absolute Gasteiger partial charge is 0.0916 e. The van der Waals surface area contributed by atoms with Crippen molar-refractivity contribution >= 4 is 0 Å². The van der Waals surface area contributed by atoms with E-state index >= 15 is 0 Å². The summed E-state index contributed by atoms with van der Waals surface area (Å²) in [4.78, 5) is 21.0. The minimum absolute atomic E-state index is 0.131. The van der Waals surface area contributed by atoms with Crippen molar-refractivity contribution in [1.29, 1.82) is 0 Å². The molecular formula is C43H88N10O4. The molecule has 5 aliphatic rings. The summed E-state index contributed by atoms with van der Waals surface area (Å²) in [6.07, 6.45) is 0.197. The summed E-state index contributed by atoms with van der Waals surface area (Å²) in [7, 11) is 8.56. The van der Waals surface area contributed by atoms with Gasteiger partial charge in [-0.15, -0.1) is 0 Å². The quantitative estimate of drug-likeness (QED) is 0.202. The topological polar surface area (TPSA) is 122 Å². The van der Waals surface area contributed by atoms with Crippen molar-refractivity contribution in [2.75, 3.05) is 198 Å². The number of hydrogen-bond acceptors (Lipinski definition) is 14. The number of hydrogen-bond donors (Lipinski definition) is 5. The standard InChI is InChI=1S/C13H20N2O.C9H20N2O.C8H18N2O.C7H16N2O.C6H14N2/c1-14-7-9-15(10-8-14)11-13(16)12-5-3-2-4-6-12;1-3-9(12)8-11-6-4-10(2)5-7-11;1-8(11)7-10-5-3-9(2)4-6-10;1-8-2-4-9(5-3-8)6-7-10;1-2-8-5-3-7-4-6-8/h2-6,13,16H,7-11H2,1H3;9,12H,3-8H2,1-2H3;8,11H,3-7H2,1-2H3;10H,2-7H2,1H3;7H,2-6H2,1H3. The zero-order valence-corrected chi connectivity index (χ0v) is 37.5. The predicted octanol–water partition coefficient (Wildman–Crippen LogP) is -0.276. The first-order valence-electron chi connectivity index (χ1n) is 22.2. The summed E-state index contributed by atoms with van der Waals surface area (Å²) in [5.41, 5.74) is 1.02. The van der Waals surface area contributed by atoms with E-state index in [2.05, 4.69) is 84.5 Å². The molecule has 14 nitrogen and oxygen atoms in total. The number of rotatable bonds is 11. The second-order valence-corrected chi connectivity index (χ2v) is 16.7. The Balaban J connectivity index is 0.000000251. The number of aliphatic hydroxyl groups excluding tert-OH is 4. The number of nitrogens with zero attached hydrogens (tertiary/aromatic N) is 9. The third-order valence-electron chi connectivity index (χ3n) is 11.5. The fourth-order valence-corrected chi connectivity index (χ4v) is 7.16. The largest absolute Gasteiger partial charge is 0.395 e. The van der Waals surface area contributed by atoms with Crippen molar-refractivity contribution in [1.82, 2.24) is 49.4 Å². The molecule has 0 aliphatic carbocycles. The molecule has 5 aliphatic heterocycles. The van der Waals surface area contributed by atoms with E-state index in [-0.39, 0.29) is 18.3 Å². The van der Waals surface area contributed by atoms with E-state index in [1.165, 1.54) is 32.7 Å². The Morgan fingerprint density at radius 2 is 0.930 bits per heavy atom. The van der Waals surface area contributed by atoms with Crippen LogP contribution in [-0.4, -0.2) is 275 Å². The lowest BCUT2D eigenvalue weighted by Crippen LogP contribution is -2.46. The summed E-state index contributed by atoms with van der Waals surface area (Å²) < 4.78 is 0. The average molecular weight is 809 g/mol. The molecule has 0 bridgehead atoms. The Kier molecular flexibility index (Phi) is 28.6. The average Bonchev–Trinajstić information content (AvgIpc) is 3.23. The van der Waals surface area contributed by atoms with Crippen molar-refractivity contribution in [3.63, 3.8) is 0 Å². The van der Waals surface area contributed by atoms with Crippen molar-refractivity contribution in [2.45, 2.75) is 45.5 Å². The first-order valence-corrected chi connectivity index (χ1v) is 22.2. The summed E-state index contributed by atoms with van der Waals surface area (Å²) >= 11 is 0. The second-order valence-electron chi connectivity index (χ2n) is 16.7. The minimum Gasteiger partial charge on any atom is -0.395 e. The van der Waals surface area contributed by atoms with Crippen molar-refractivity contribution in [3.05, 3.63) is 35.9 Å². The molecular weight excluding hydrogens is 721 g/mol. The van der Waals surface area contributed by atoms with Gasteiger partial charge in [0.1, 0.15) is 0 Å². The van der Waals surface area contributed by atoms with Gasteiger partial charge in [-0.3, -0.25) is 19.6 Å². The van der Waals surface area contributed by atoms with E-state index in [1.54, 1.807) is 0 Å². The highest BCUT2D eigenvalue weighted by Crippen LogP contribution is 2.14. The van der Waals surface area contributed by atoms with Crippen LogP contribution in [0.15, 0.2) is 30.3 Å². The molecule has 14 heteroatoms. The van der Waals surface area contributed by atoms with Crippen LogP contribution in [0.25, 0.3) is 0 Å². The maximum absolute atomic E-state index is 10.1. The van der Waals surface area contributed by atoms with E-state index in [0.717, 1.165) is 143 Å². The van der Waals surface area contributed by atoms with Crippen molar-refractivity contribution < 1.29 is 20.4 Å². The molecule has 1 aromatic rings. The number of benzene rings is 1. The van der Waals surface area contributed by atoms with Gasteiger partial charge in [0.15, 0.2) is 0 Å². The first kappa shape index (κ1) is 51.8. The SMILES string of the molecule is CC(O)CN1CCN(C)CC1.CCC(O)CN1CCN(C)CC1.CCN1CCNCC1.CN1CCN(CC(O)c2ccccc2)CC1.CN1CCN(CCO)CC1. The van der Waals surface area contributed by atoms with Crippen LogP contribution in [0.1, 0.15) is 38.9 Å². The van der Waals surface area contributed by atoms with Gasteiger partial charge in [0.2, 0.25) is 0 Å². The number of β-amino-alcohol motifs (C(OH)–C–C–N with tert-alkyl or cyclic N) is 4. The molecule has 334 valence electrons. The molecule has 0 spiro atoms. The zero-order valence-electron chi connectivity index (χ0n) is 37.5. The highest BCUT2D eigenvalue weighted by Gasteiger charge is 2.19. The van der Waals surface area contributed by atoms with Crippen LogP contribution in [0.5, 0.6) is 0 Å². The Morgan fingerprint density at radius 1 is 0.526 bits per heavy atom. The molecule has 5 fully saturated rings. The van der Waals surface area contributed by atoms with Crippen LogP contribution in [0.3, 0.4) is 0 Å². The van der Waals surface area contributed by atoms with Crippen LogP contribution >= 0.6 is 0 Å². The minimum atomic E-state index is -0.357. The van der Waals surface area contributed by atoms with E-state index in [0.29, 0.717) is 6.61 Å². The van der Waals surface area contributed by atoms with Gasteiger partial charge in [0, 0.05) is 157 Å². The second kappa shape index (κ2) is 31.5. The van der Waals surface area contributed by atoms with Crippen LogP contribution in [-0.2, 0) is 0 Å². The lowest BCUT2D eigenvalue weighted by molar-refractivity contribution is 0.0786. The van der Waals surface area contributed by atoms with Gasteiger partial charge in [-0.2, -0.15) is 0 Å². The van der Waals surface area contributed by atoms with Gasteiger partial charge in [-0.05, 0) is 53.6 Å². The summed E-state index contributed by atoms with van der Waals surface area (Å²) in [5, 5.41) is 40.6. The lowest BCUT2D eigenvalue weighted by atomic mass is 10.1. The van der Waals surface area contributed by atoms with Gasteiger partial charge >= 0.3 is 0 Å². The normalized spacial score (nSPS) is 23.3. The summed E-state index contributed by atoms with van der Waals surface area (Å²) in [6, 6.07) is 9.90. The third kappa shape index (κ3) is 25.1. The monoisotopic (exact) mass is 809 g/mol. The number of nitrogens with one attached hydrogen (secondary N) is 1. The van der Waals surface area contributed by atoms with Gasteiger partial charge in [-0.1, -0.05) is 44.2 Å². The molecule has 5 saturated heterocycles. The molecule has 0 amide bonds. The number of piperazine rings is 5. The molecule has 5 heterocycles. The molecule has 57 heavy (non-hydrogen) atoms. The van der Waals surface area contributed by atoms with Crippen LogP contribution in [0, 0.1) is 0 Å². The highest BCUT2D eigenvalue weighted by molar-refractivity contribution is 5.17. The number of likely N-dealkylation sites (N-methyl/N-ethyl adjacent to an activating group) is 5. The van der Waals surface area contributed by atoms with Crippen molar-refractivity contribution in [3.8, 4) is 0 Å². The van der Waals surface area contributed by atoms with E-state index in [9.17, 15) is 10.2 Å². The van der Waals surface area contributed by atoms with E-state index in [4.69, 9.17) is 10.2 Å². The Hall–Kier alpha value is -1.34. The molecule has 3 atom stereocenters. The molecule has 6 rings (SSSR count). The van der Waals surface area contributed by atoms with Gasteiger partial charge < -0.3 is 50.2 Å². The molecule has 0 radical (unpaired) electrons. The molecule has 5 N–H and O–H groups in total. The molecule has 1 aromatic carbocycles. The first-order chi connectivity index (χ1) is 27.4.